The lowest BCUT2D eigenvalue weighted by Gasteiger charge is -2.31. The summed E-state index contributed by atoms with van der Waals surface area (Å²) in [5.74, 6) is 1.59. The smallest absolute Gasteiger partial charge is 0.275 e. The van der Waals surface area contributed by atoms with Crippen LogP contribution in [-0.2, 0) is 4.79 Å². The van der Waals surface area contributed by atoms with Crippen LogP contribution in [0.25, 0.3) is 11.0 Å². The van der Waals surface area contributed by atoms with Crippen molar-refractivity contribution < 1.29 is 14.1 Å². The third-order valence-corrected chi connectivity index (χ3v) is 4.96. The largest absolute Gasteiger partial charge is 0.459 e. The van der Waals surface area contributed by atoms with E-state index >= 15 is 0 Å². The van der Waals surface area contributed by atoms with Crippen molar-refractivity contribution in [2.24, 2.45) is 0 Å². The number of carbonyl (C=O) groups is 1. The molecular formula is C20H24N5O2+. The van der Waals surface area contributed by atoms with E-state index in [9.17, 15) is 4.79 Å². The van der Waals surface area contributed by atoms with Crippen molar-refractivity contribution in [1.82, 2.24) is 15.3 Å². The minimum Gasteiger partial charge on any atom is -0.459 e. The molecule has 1 aliphatic heterocycles. The maximum atomic E-state index is 12.4. The van der Waals surface area contributed by atoms with Crippen LogP contribution in [0.2, 0.25) is 0 Å². The first-order valence-electron chi connectivity index (χ1n) is 9.32. The van der Waals surface area contributed by atoms with Gasteiger partial charge in [-0.15, -0.1) is 0 Å². The zero-order valence-electron chi connectivity index (χ0n) is 15.4. The van der Waals surface area contributed by atoms with E-state index in [0.717, 1.165) is 48.9 Å². The molecular weight excluding hydrogens is 342 g/mol. The molecule has 0 saturated carbocycles. The number of anilines is 1. The SMILES string of the molecule is C[C@@H](NC(=O)C[NH+]1CCN(c2ncccn2)CC1)c1cc2ccccc2o1. The van der Waals surface area contributed by atoms with E-state index in [1.54, 1.807) is 12.4 Å². The van der Waals surface area contributed by atoms with Gasteiger partial charge >= 0.3 is 0 Å². The molecule has 4 rings (SSSR count). The van der Waals surface area contributed by atoms with Crippen molar-refractivity contribution in [3.63, 3.8) is 0 Å². The Morgan fingerprint density at radius 2 is 1.96 bits per heavy atom. The summed E-state index contributed by atoms with van der Waals surface area (Å²) in [6.45, 7) is 5.91. The molecule has 7 nitrogen and oxygen atoms in total. The van der Waals surface area contributed by atoms with E-state index in [4.69, 9.17) is 4.42 Å². The molecule has 1 atom stereocenters. The molecule has 0 unspecified atom stereocenters. The average molecular weight is 366 g/mol. The number of nitrogens with zero attached hydrogens (tertiary/aromatic N) is 3. The first-order chi connectivity index (χ1) is 13.2. The summed E-state index contributed by atoms with van der Waals surface area (Å²) in [5.41, 5.74) is 0.846. The first kappa shape index (κ1) is 17.5. The number of furan rings is 1. The highest BCUT2D eigenvalue weighted by Gasteiger charge is 2.24. The second-order valence-corrected chi connectivity index (χ2v) is 6.94. The lowest BCUT2D eigenvalue weighted by molar-refractivity contribution is -0.892. The lowest BCUT2D eigenvalue weighted by atomic mass is 10.2. The van der Waals surface area contributed by atoms with Crippen LogP contribution in [0.15, 0.2) is 53.2 Å². The molecule has 2 N–H and O–H groups in total. The molecule has 3 aromatic rings. The predicted octanol–water partition coefficient (Wildman–Crippen LogP) is 0.805. The lowest BCUT2D eigenvalue weighted by Crippen LogP contribution is -3.16. The normalized spacial score (nSPS) is 16.4. The monoisotopic (exact) mass is 366 g/mol. The van der Waals surface area contributed by atoms with E-state index in [2.05, 4.69) is 20.2 Å². The van der Waals surface area contributed by atoms with E-state index in [0.29, 0.717) is 6.54 Å². The van der Waals surface area contributed by atoms with E-state index in [1.165, 1.54) is 4.90 Å². The maximum absolute atomic E-state index is 12.4. The number of aromatic nitrogens is 2. The van der Waals surface area contributed by atoms with Gasteiger partial charge in [0.25, 0.3) is 5.91 Å². The van der Waals surface area contributed by atoms with Crippen molar-refractivity contribution >= 4 is 22.8 Å². The van der Waals surface area contributed by atoms with E-state index in [1.807, 2.05) is 43.3 Å². The number of quaternary nitrogens is 1. The Balaban J connectivity index is 1.28. The Hall–Kier alpha value is -2.93. The van der Waals surface area contributed by atoms with Crippen LogP contribution in [0, 0.1) is 0 Å². The van der Waals surface area contributed by atoms with E-state index in [-0.39, 0.29) is 11.9 Å². The second-order valence-electron chi connectivity index (χ2n) is 6.94. The quantitative estimate of drug-likeness (QED) is 0.699. The minimum absolute atomic E-state index is 0.0439. The first-order valence-corrected chi connectivity index (χ1v) is 9.32. The van der Waals surface area contributed by atoms with Crippen molar-refractivity contribution in [1.29, 1.82) is 0 Å². The summed E-state index contributed by atoms with van der Waals surface area (Å²) < 4.78 is 5.84. The summed E-state index contributed by atoms with van der Waals surface area (Å²) in [5, 5.41) is 4.11. The number of fused-ring (bicyclic) bond motifs is 1. The zero-order valence-corrected chi connectivity index (χ0v) is 15.4. The molecule has 1 aromatic carbocycles. The summed E-state index contributed by atoms with van der Waals surface area (Å²) >= 11 is 0. The topological polar surface area (TPSA) is 75.7 Å². The molecule has 7 heteroatoms. The number of para-hydroxylation sites is 1. The number of hydrogen-bond donors (Lipinski definition) is 2. The van der Waals surface area contributed by atoms with Crippen LogP contribution >= 0.6 is 0 Å². The van der Waals surface area contributed by atoms with Gasteiger partial charge in [-0.25, -0.2) is 9.97 Å². The van der Waals surface area contributed by atoms with Gasteiger partial charge in [0.15, 0.2) is 6.54 Å². The maximum Gasteiger partial charge on any atom is 0.275 e. The number of rotatable bonds is 5. The molecule has 1 fully saturated rings. The van der Waals surface area contributed by atoms with Crippen molar-refractivity contribution in [2.45, 2.75) is 13.0 Å². The molecule has 1 aliphatic rings. The Labute approximate surface area is 158 Å². The van der Waals surface area contributed by atoms with Crippen LogP contribution in [0.3, 0.4) is 0 Å². The van der Waals surface area contributed by atoms with Crippen molar-refractivity contribution in [2.75, 3.05) is 37.6 Å². The molecule has 0 aliphatic carbocycles. The van der Waals surface area contributed by atoms with Gasteiger partial charge in [0, 0.05) is 17.8 Å². The Kier molecular flexibility index (Phi) is 5.02. The van der Waals surface area contributed by atoms with Crippen molar-refractivity contribution in [3.8, 4) is 0 Å². The Morgan fingerprint density at radius 3 is 2.70 bits per heavy atom. The average Bonchev–Trinajstić information content (AvgIpc) is 3.14. The van der Waals surface area contributed by atoms with Gasteiger partial charge in [0.05, 0.1) is 32.2 Å². The summed E-state index contributed by atoms with van der Waals surface area (Å²) in [4.78, 5) is 24.5. The Morgan fingerprint density at radius 1 is 1.22 bits per heavy atom. The number of nitrogens with one attached hydrogen (secondary N) is 2. The van der Waals surface area contributed by atoms with E-state index < -0.39 is 0 Å². The summed E-state index contributed by atoms with van der Waals surface area (Å²) in [7, 11) is 0. The highest BCUT2D eigenvalue weighted by atomic mass is 16.3. The van der Waals surface area contributed by atoms with Gasteiger partial charge in [-0.2, -0.15) is 0 Å². The summed E-state index contributed by atoms with van der Waals surface area (Å²) in [6, 6.07) is 11.5. The second kappa shape index (κ2) is 7.75. The zero-order chi connectivity index (χ0) is 18.6. The molecule has 27 heavy (non-hydrogen) atoms. The standard InChI is InChI=1S/C20H23N5O2/c1-15(18-13-16-5-2-3-6-17(16)27-18)23-19(26)14-24-9-11-25(12-10-24)20-21-7-4-8-22-20/h2-8,13,15H,9-12,14H2,1H3,(H,23,26)/p+1/t15-/m1/s1. The highest BCUT2D eigenvalue weighted by molar-refractivity contribution is 5.79. The van der Waals surface area contributed by atoms with Crippen molar-refractivity contribution in [3.05, 3.63) is 54.6 Å². The molecule has 2 aromatic heterocycles. The fraction of sp³-hybridized carbons (Fsp3) is 0.350. The summed E-state index contributed by atoms with van der Waals surface area (Å²) in [6.07, 6.45) is 3.52. The van der Waals surface area contributed by atoms with Gasteiger partial charge < -0.3 is 19.5 Å². The molecule has 0 spiro atoms. The number of piperazine rings is 1. The number of benzene rings is 1. The number of hydrogen-bond acceptors (Lipinski definition) is 5. The van der Waals surface area contributed by atoms with Crippen LogP contribution in [0.5, 0.6) is 0 Å². The van der Waals surface area contributed by atoms with Crippen LogP contribution in [0.4, 0.5) is 5.95 Å². The van der Waals surface area contributed by atoms with Gasteiger partial charge in [0.2, 0.25) is 5.95 Å². The Bertz CT molecular complexity index is 870. The molecule has 0 bridgehead atoms. The number of carbonyl (C=O) groups excluding carboxylic acids is 1. The molecule has 1 saturated heterocycles. The fourth-order valence-corrected chi connectivity index (χ4v) is 3.46. The third-order valence-electron chi connectivity index (χ3n) is 4.96. The van der Waals surface area contributed by atoms with Gasteiger partial charge in [-0.1, -0.05) is 18.2 Å². The van der Waals surface area contributed by atoms with Gasteiger partial charge in [0.1, 0.15) is 11.3 Å². The predicted molar refractivity (Wildman–Crippen MR) is 103 cm³/mol. The number of amides is 1. The van der Waals surface area contributed by atoms with Gasteiger partial charge in [-0.3, -0.25) is 4.79 Å². The molecule has 0 radical (unpaired) electrons. The van der Waals surface area contributed by atoms with Crippen LogP contribution in [0.1, 0.15) is 18.7 Å². The fourth-order valence-electron chi connectivity index (χ4n) is 3.46. The highest BCUT2D eigenvalue weighted by Crippen LogP contribution is 2.23. The van der Waals surface area contributed by atoms with Crippen LogP contribution < -0.4 is 15.1 Å². The molecule has 1 amide bonds. The third kappa shape index (κ3) is 4.09. The minimum atomic E-state index is -0.150. The molecule has 3 heterocycles. The van der Waals surface area contributed by atoms with Crippen LogP contribution in [-0.4, -0.2) is 48.6 Å². The molecule has 140 valence electrons. The van der Waals surface area contributed by atoms with Gasteiger partial charge in [-0.05, 0) is 25.1 Å².